The Morgan fingerprint density at radius 3 is 2.71 bits per heavy atom. The van der Waals surface area contributed by atoms with Crippen molar-refractivity contribution in [2.24, 2.45) is 0 Å². The van der Waals surface area contributed by atoms with E-state index < -0.39 is 0 Å². The van der Waals surface area contributed by atoms with E-state index in [0.717, 1.165) is 30.5 Å². The summed E-state index contributed by atoms with van der Waals surface area (Å²) in [5.41, 5.74) is 1.79. The van der Waals surface area contributed by atoms with Gasteiger partial charge < -0.3 is 5.11 Å². The Morgan fingerprint density at radius 1 is 1.43 bits per heavy atom. The second kappa shape index (κ2) is 4.99. The molecule has 1 atom stereocenters. The molecule has 2 nitrogen and oxygen atoms in total. The minimum absolute atomic E-state index is 0.382. The number of aryl methyl sites for hydroxylation is 1. The van der Waals surface area contributed by atoms with Crippen molar-refractivity contribution < 1.29 is 5.11 Å². The number of hydrogen-bond acceptors (Lipinski definition) is 2. The van der Waals surface area contributed by atoms with Crippen LogP contribution in [0.25, 0.3) is 0 Å². The normalized spacial score (nSPS) is 12.8. The van der Waals surface area contributed by atoms with Crippen molar-refractivity contribution in [1.29, 1.82) is 0 Å². The van der Waals surface area contributed by atoms with Crippen LogP contribution >= 0.6 is 0 Å². The summed E-state index contributed by atoms with van der Waals surface area (Å²) in [5.74, 6) is 0.785. The van der Waals surface area contributed by atoms with Crippen LogP contribution in [-0.2, 0) is 0 Å². The Morgan fingerprint density at radius 2 is 2.14 bits per heavy atom. The zero-order chi connectivity index (χ0) is 10.6. The van der Waals surface area contributed by atoms with E-state index in [1.807, 2.05) is 13.0 Å². The Hall–Kier alpha value is -1.05. The van der Waals surface area contributed by atoms with Crippen molar-refractivity contribution in [1.82, 2.24) is 4.98 Å². The molecule has 1 unspecified atom stereocenters. The molecule has 1 heterocycles. The smallest absolute Gasteiger partial charge is 0.140 e. The maximum Gasteiger partial charge on any atom is 0.140 e. The highest BCUT2D eigenvalue weighted by Gasteiger charge is 2.15. The molecule has 1 rings (SSSR count). The predicted molar refractivity (Wildman–Crippen MR) is 58.6 cm³/mol. The van der Waals surface area contributed by atoms with Crippen molar-refractivity contribution in [2.45, 2.75) is 46.0 Å². The number of aromatic nitrogens is 1. The number of hydrogen-bond donors (Lipinski definition) is 1. The van der Waals surface area contributed by atoms with Gasteiger partial charge in [0, 0.05) is 12.1 Å². The van der Waals surface area contributed by atoms with Gasteiger partial charge in [0.1, 0.15) is 5.75 Å². The highest BCUT2D eigenvalue weighted by molar-refractivity contribution is 5.36. The lowest BCUT2D eigenvalue weighted by Gasteiger charge is -2.15. The molecule has 0 spiro atoms. The molecule has 1 aromatic rings. The maximum atomic E-state index is 9.86. The van der Waals surface area contributed by atoms with Crippen LogP contribution in [-0.4, -0.2) is 10.1 Å². The van der Waals surface area contributed by atoms with Gasteiger partial charge in [0.2, 0.25) is 0 Å². The summed E-state index contributed by atoms with van der Waals surface area (Å²) in [6, 6.07) is 1.84. The van der Waals surface area contributed by atoms with Gasteiger partial charge in [-0.2, -0.15) is 0 Å². The van der Waals surface area contributed by atoms with Gasteiger partial charge in [0.25, 0.3) is 0 Å². The van der Waals surface area contributed by atoms with Crippen LogP contribution in [0.1, 0.15) is 50.3 Å². The lowest BCUT2D eigenvalue weighted by molar-refractivity contribution is 0.443. The largest absolute Gasteiger partial charge is 0.506 e. The summed E-state index contributed by atoms with van der Waals surface area (Å²) in [6.45, 7) is 6.22. The van der Waals surface area contributed by atoms with Crippen molar-refractivity contribution in [3.63, 3.8) is 0 Å². The number of pyridine rings is 1. The maximum absolute atomic E-state index is 9.86. The summed E-state index contributed by atoms with van der Waals surface area (Å²) in [5, 5.41) is 9.86. The molecule has 0 radical (unpaired) electrons. The zero-order valence-electron chi connectivity index (χ0n) is 9.25. The molecule has 14 heavy (non-hydrogen) atoms. The standard InChI is InChI=1S/C12H19NO/c1-4-6-10(5-2)11-12(14)9(3)7-8-13-11/h7-8,10,14H,4-6H2,1-3H3. The highest BCUT2D eigenvalue weighted by Crippen LogP contribution is 2.31. The third kappa shape index (κ3) is 2.25. The van der Waals surface area contributed by atoms with Crippen LogP contribution in [0.5, 0.6) is 5.75 Å². The summed E-state index contributed by atoms with van der Waals surface area (Å²) in [7, 11) is 0. The van der Waals surface area contributed by atoms with E-state index in [0.29, 0.717) is 11.7 Å². The fourth-order valence-electron chi connectivity index (χ4n) is 1.75. The molecule has 0 aliphatic heterocycles. The Bertz CT molecular complexity index is 296. The predicted octanol–water partition coefficient (Wildman–Crippen LogP) is 3.39. The van der Waals surface area contributed by atoms with E-state index in [-0.39, 0.29) is 0 Å². The van der Waals surface area contributed by atoms with Gasteiger partial charge in [-0.1, -0.05) is 20.3 Å². The van der Waals surface area contributed by atoms with Gasteiger partial charge in [-0.25, -0.2) is 0 Å². The Balaban J connectivity index is 2.97. The average molecular weight is 193 g/mol. The molecule has 1 aromatic heterocycles. The van der Waals surface area contributed by atoms with Gasteiger partial charge >= 0.3 is 0 Å². The lowest BCUT2D eigenvalue weighted by Crippen LogP contribution is -2.01. The van der Waals surface area contributed by atoms with Gasteiger partial charge in [0.05, 0.1) is 5.69 Å². The SMILES string of the molecule is CCCC(CC)c1nccc(C)c1O. The first kappa shape index (κ1) is 11.0. The van der Waals surface area contributed by atoms with E-state index in [1.54, 1.807) is 6.20 Å². The molecule has 1 N–H and O–H groups in total. The van der Waals surface area contributed by atoms with Crippen molar-refractivity contribution >= 4 is 0 Å². The molecule has 0 bridgehead atoms. The summed E-state index contributed by atoms with van der Waals surface area (Å²) in [4.78, 5) is 4.28. The van der Waals surface area contributed by atoms with Crippen LogP contribution in [0, 0.1) is 6.92 Å². The first-order valence-electron chi connectivity index (χ1n) is 5.35. The Labute approximate surface area is 86.0 Å². The van der Waals surface area contributed by atoms with Gasteiger partial charge in [0.15, 0.2) is 0 Å². The first-order chi connectivity index (χ1) is 6.70. The van der Waals surface area contributed by atoms with E-state index in [2.05, 4.69) is 18.8 Å². The molecule has 0 amide bonds. The first-order valence-corrected chi connectivity index (χ1v) is 5.35. The lowest BCUT2D eigenvalue weighted by atomic mass is 9.95. The summed E-state index contributed by atoms with van der Waals surface area (Å²) in [6.07, 6.45) is 5.05. The molecular weight excluding hydrogens is 174 g/mol. The van der Waals surface area contributed by atoms with Crippen LogP contribution in [0.3, 0.4) is 0 Å². The van der Waals surface area contributed by atoms with Crippen molar-refractivity contribution in [2.75, 3.05) is 0 Å². The summed E-state index contributed by atoms with van der Waals surface area (Å²) >= 11 is 0. The molecule has 78 valence electrons. The molecule has 0 fully saturated rings. The van der Waals surface area contributed by atoms with E-state index in [1.165, 1.54) is 0 Å². The fourth-order valence-corrected chi connectivity index (χ4v) is 1.75. The monoisotopic (exact) mass is 193 g/mol. The van der Waals surface area contributed by atoms with Crippen LogP contribution in [0.4, 0.5) is 0 Å². The number of nitrogens with zero attached hydrogens (tertiary/aromatic N) is 1. The molecular formula is C12H19NO. The molecule has 0 saturated carbocycles. The van der Waals surface area contributed by atoms with Gasteiger partial charge in [-0.15, -0.1) is 0 Å². The van der Waals surface area contributed by atoms with Gasteiger partial charge in [-0.3, -0.25) is 4.98 Å². The van der Waals surface area contributed by atoms with Crippen molar-refractivity contribution in [3.8, 4) is 5.75 Å². The van der Waals surface area contributed by atoms with Crippen LogP contribution in [0.2, 0.25) is 0 Å². The average Bonchev–Trinajstić information content (AvgIpc) is 2.19. The highest BCUT2D eigenvalue weighted by atomic mass is 16.3. The minimum Gasteiger partial charge on any atom is -0.506 e. The number of rotatable bonds is 4. The van der Waals surface area contributed by atoms with E-state index >= 15 is 0 Å². The quantitative estimate of drug-likeness (QED) is 0.795. The minimum atomic E-state index is 0.382. The summed E-state index contributed by atoms with van der Waals surface area (Å²) < 4.78 is 0. The van der Waals surface area contributed by atoms with Gasteiger partial charge in [-0.05, 0) is 31.4 Å². The second-order valence-electron chi connectivity index (χ2n) is 3.76. The number of aromatic hydroxyl groups is 1. The topological polar surface area (TPSA) is 33.1 Å². The third-order valence-electron chi connectivity index (χ3n) is 2.67. The van der Waals surface area contributed by atoms with E-state index in [9.17, 15) is 5.11 Å². The van der Waals surface area contributed by atoms with E-state index in [4.69, 9.17) is 0 Å². The molecule has 0 aliphatic carbocycles. The fraction of sp³-hybridized carbons (Fsp3) is 0.583. The molecule has 0 aromatic carbocycles. The molecule has 2 heteroatoms. The zero-order valence-corrected chi connectivity index (χ0v) is 9.25. The van der Waals surface area contributed by atoms with Crippen LogP contribution < -0.4 is 0 Å². The second-order valence-corrected chi connectivity index (χ2v) is 3.76. The molecule has 0 saturated heterocycles. The Kier molecular flexibility index (Phi) is 3.93. The molecule has 0 aliphatic rings. The third-order valence-corrected chi connectivity index (χ3v) is 2.67. The van der Waals surface area contributed by atoms with Crippen molar-refractivity contribution in [3.05, 3.63) is 23.5 Å². The van der Waals surface area contributed by atoms with Crippen LogP contribution in [0.15, 0.2) is 12.3 Å².